The van der Waals surface area contributed by atoms with E-state index in [2.05, 4.69) is 22.7 Å². The van der Waals surface area contributed by atoms with Gasteiger partial charge >= 0.3 is 0 Å². The Morgan fingerprint density at radius 3 is 2.57 bits per heavy atom. The second-order valence-electron chi connectivity index (χ2n) is 3.41. The number of halogens is 1. The van der Waals surface area contributed by atoms with Crippen molar-refractivity contribution in [2.75, 3.05) is 0 Å². The van der Waals surface area contributed by atoms with Gasteiger partial charge < -0.3 is 17.0 Å². The van der Waals surface area contributed by atoms with Gasteiger partial charge in [0.25, 0.3) is 6.33 Å². The molecule has 3 heteroatoms. The van der Waals surface area contributed by atoms with E-state index in [4.69, 9.17) is 0 Å². The average molecular weight is 259 g/mol. The van der Waals surface area contributed by atoms with E-state index in [1.807, 2.05) is 18.6 Å². The second kappa shape index (κ2) is 9.13. The fourth-order valence-electron chi connectivity index (χ4n) is 1.39. The van der Waals surface area contributed by atoms with Gasteiger partial charge in [0, 0.05) is 6.07 Å². The minimum Gasteiger partial charge on any atom is -1.00 e. The molecule has 0 bridgehead atoms. The van der Waals surface area contributed by atoms with Gasteiger partial charge in [-0.05, 0) is 12.8 Å². The number of hydrogen-bond donors (Lipinski definition) is 0. The molecule has 1 aromatic rings. The van der Waals surface area contributed by atoms with Gasteiger partial charge in [0.2, 0.25) is 0 Å². The molecule has 0 spiro atoms. The van der Waals surface area contributed by atoms with Crippen LogP contribution in [0.4, 0.5) is 0 Å². The van der Waals surface area contributed by atoms with Gasteiger partial charge in [-0.15, -0.1) is 0 Å². The first kappa shape index (κ1) is 13.6. The lowest BCUT2D eigenvalue weighted by molar-refractivity contribution is -0.700. The first-order chi connectivity index (χ1) is 6.43. The molecule has 0 unspecified atom stereocenters. The zero-order valence-electron chi connectivity index (χ0n) is 8.82. The van der Waals surface area contributed by atoms with Crippen molar-refractivity contribution in [1.29, 1.82) is 0 Å². The van der Waals surface area contributed by atoms with Gasteiger partial charge in [0.1, 0.15) is 6.20 Å². The Kier molecular flexibility index (Phi) is 8.84. The number of rotatable bonds is 6. The highest BCUT2D eigenvalue weighted by Gasteiger charge is 1.95. The third-order valence-electron chi connectivity index (χ3n) is 2.18. The molecule has 1 heterocycles. The van der Waals surface area contributed by atoms with Crippen molar-refractivity contribution in [2.45, 2.75) is 45.6 Å². The normalized spacial score (nSPS) is 9.50. The largest absolute Gasteiger partial charge is 1.00 e. The zero-order valence-corrected chi connectivity index (χ0v) is 10.4. The van der Waals surface area contributed by atoms with Crippen LogP contribution in [0.1, 0.15) is 39.0 Å². The summed E-state index contributed by atoms with van der Waals surface area (Å²) in [5, 5.41) is 0. The molecule has 0 saturated heterocycles. The van der Waals surface area contributed by atoms with Gasteiger partial charge in [-0.25, -0.2) is 4.57 Å². The molecule has 0 radical (unpaired) electrons. The summed E-state index contributed by atoms with van der Waals surface area (Å²) in [5.74, 6) is 0. The summed E-state index contributed by atoms with van der Waals surface area (Å²) in [4.78, 5) is 4.06. The van der Waals surface area contributed by atoms with E-state index >= 15 is 0 Å². The van der Waals surface area contributed by atoms with E-state index in [-0.39, 0.29) is 17.0 Å². The van der Waals surface area contributed by atoms with E-state index < -0.39 is 0 Å². The predicted molar refractivity (Wildman–Crippen MR) is 53.2 cm³/mol. The highest BCUT2D eigenvalue weighted by atomic mass is 79.9. The monoisotopic (exact) mass is 258 g/mol. The van der Waals surface area contributed by atoms with Gasteiger partial charge in [-0.2, -0.15) is 0 Å². The quantitative estimate of drug-likeness (QED) is 0.490. The Bertz CT molecular complexity index is 214. The molecule has 0 amide bonds. The molecule has 0 aliphatic carbocycles. The van der Waals surface area contributed by atoms with Crippen LogP contribution in [0.15, 0.2) is 24.8 Å². The fourth-order valence-corrected chi connectivity index (χ4v) is 1.39. The number of aryl methyl sites for hydroxylation is 1. The van der Waals surface area contributed by atoms with E-state index in [9.17, 15) is 0 Å². The standard InChI is InChI=1S/C11H19N2.BrH/c1-2-3-4-5-6-9-13-10-7-8-12-11-13;/h7-8,10-11H,2-6,9H2,1H3;1H/q+1;/p-1. The SMILES string of the molecule is CCCCCCC[n+]1cccnc1.[Br-]. The lowest BCUT2D eigenvalue weighted by Gasteiger charge is -1.98. The number of hydrogen-bond acceptors (Lipinski definition) is 1. The van der Waals surface area contributed by atoms with Crippen LogP contribution in [-0.4, -0.2) is 4.98 Å². The number of nitrogens with zero attached hydrogens (tertiary/aromatic N) is 2. The highest BCUT2D eigenvalue weighted by Crippen LogP contribution is 2.01. The maximum Gasteiger partial charge on any atom is 0.286 e. The van der Waals surface area contributed by atoms with Crippen molar-refractivity contribution >= 4 is 0 Å². The summed E-state index contributed by atoms with van der Waals surface area (Å²) in [6, 6.07) is 1.98. The molecule has 0 saturated carbocycles. The zero-order chi connectivity index (χ0) is 9.36. The molecule has 80 valence electrons. The van der Waals surface area contributed by atoms with Crippen molar-refractivity contribution in [2.24, 2.45) is 0 Å². The average Bonchev–Trinajstić information content (AvgIpc) is 2.19. The Morgan fingerprint density at radius 2 is 1.93 bits per heavy atom. The van der Waals surface area contributed by atoms with Crippen LogP contribution >= 0.6 is 0 Å². The van der Waals surface area contributed by atoms with Gasteiger partial charge in [0.05, 0.1) is 12.7 Å². The van der Waals surface area contributed by atoms with Gasteiger partial charge in [-0.3, -0.25) is 0 Å². The molecule has 0 aliphatic heterocycles. The topological polar surface area (TPSA) is 16.8 Å². The molecule has 1 rings (SSSR count). The molecule has 14 heavy (non-hydrogen) atoms. The Balaban J connectivity index is 0.00000169. The Hall–Kier alpha value is -0.440. The fraction of sp³-hybridized carbons (Fsp3) is 0.636. The van der Waals surface area contributed by atoms with Crippen molar-refractivity contribution < 1.29 is 21.5 Å². The molecular weight excluding hydrogens is 240 g/mol. The van der Waals surface area contributed by atoms with E-state index in [1.54, 1.807) is 0 Å². The first-order valence-corrected chi connectivity index (χ1v) is 5.22. The van der Waals surface area contributed by atoms with Crippen LogP contribution < -0.4 is 21.5 Å². The summed E-state index contributed by atoms with van der Waals surface area (Å²) < 4.78 is 2.14. The van der Waals surface area contributed by atoms with Crippen LogP contribution in [-0.2, 0) is 6.54 Å². The smallest absolute Gasteiger partial charge is 0.286 e. The molecule has 1 aromatic heterocycles. The van der Waals surface area contributed by atoms with Crippen molar-refractivity contribution in [3.8, 4) is 0 Å². The van der Waals surface area contributed by atoms with Crippen molar-refractivity contribution in [1.82, 2.24) is 4.98 Å². The first-order valence-electron chi connectivity index (χ1n) is 5.22. The van der Waals surface area contributed by atoms with Crippen LogP contribution in [0.25, 0.3) is 0 Å². The summed E-state index contributed by atoms with van der Waals surface area (Å²) >= 11 is 0. The maximum absolute atomic E-state index is 4.06. The second-order valence-corrected chi connectivity index (χ2v) is 3.41. The molecule has 0 aliphatic rings. The third kappa shape index (κ3) is 6.08. The minimum absolute atomic E-state index is 0. The van der Waals surface area contributed by atoms with Crippen LogP contribution in [0.5, 0.6) is 0 Å². The lowest BCUT2D eigenvalue weighted by Crippen LogP contribution is -3.00. The van der Waals surface area contributed by atoms with Crippen molar-refractivity contribution in [3.05, 3.63) is 24.8 Å². The van der Waals surface area contributed by atoms with E-state index in [1.165, 1.54) is 32.1 Å². The van der Waals surface area contributed by atoms with Crippen LogP contribution in [0.2, 0.25) is 0 Å². The summed E-state index contributed by atoms with van der Waals surface area (Å²) in [6.07, 6.45) is 12.5. The van der Waals surface area contributed by atoms with Gasteiger partial charge in [0.15, 0.2) is 0 Å². The highest BCUT2D eigenvalue weighted by molar-refractivity contribution is 4.68. The van der Waals surface area contributed by atoms with Crippen LogP contribution in [0.3, 0.4) is 0 Å². The molecule has 0 aromatic carbocycles. The maximum atomic E-state index is 4.06. The predicted octanol–water partition coefficient (Wildman–Crippen LogP) is -0.656. The summed E-state index contributed by atoms with van der Waals surface area (Å²) in [7, 11) is 0. The molecule has 0 fully saturated rings. The van der Waals surface area contributed by atoms with E-state index in [0.29, 0.717) is 0 Å². The summed E-state index contributed by atoms with van der Waals surface area (Å²) in [5.41, 5.74) is 0. The van der Waals surface area contributed by atoms with Gasteiger partial charge in [-0.1, -0.05) is 31.2 Å². The molecular formula is C11H19BrN2. The minimum atomic E-state index is 0. The van der Waals surface area contributed by atoms with Crippen molar-refractivity contribution in [3.63, 3.8) is 0 Å². The lowest BCUT2D eigenvalue weighted by atomic mass is 10.1. The number of aromatic nitrogens is 2. The Labute approximate surface area is 97.1 Å². The van der Waals surface area contributed by atoms with E-state index in [0.717, 1.165) is 6.54 Å². The third-order valence-corrected chi connectivity index (χ3v) is 2.18. The molecule has 0 atom stereocenters. The van der Waals surface area contributed by atoms with Crippen LogP contribution in [0, 0.1) is 0 Å². The molecule has 2 nitrogen and oxygen atoms in total. The summed E-state index contributed by atoms with van der Waals surface area (Å²) in [6.45, 7) is 3.35. The number of unbranched alkanes of at least 4 members (excludes halogenated alkanes) is 4. The molecule has 0 N–H and O–H groups in total. The Morgan fingerprint density at radius 1 is 1.14 bits per heavy atom.